The molecular weight excluding hydrogens is 539 g/mol. The molecule has 0 radical (unpaired) electrons. The van der Waals surface area contributed by atoms with Gasteiger partial charge in [0, 0.05) is 38.8 Å². The highest BCUT2D eigenvalue weighted by atomic mass is 127. The van der Waals surface area contributed by atoms with Crippen molar-refractivity contribution in [1.29, 1.82) is 0 Å². The Morgan fingerprint density at radius 3 is 2.34 bits per heavy atom. The predicted molar refractivity (Wildman–Crippen MR) is 139 cm³/mol. The van der Waals surface area contributed by atoms with Crippen LogP contribution in [0.1, 0.15) is 36.5 Å². The average molecular weight is 573 g/mol. The fourth-order valence-electron chi connectivity index (χ4n) is 3.54. The Kier molecular flexibility index (Phi) is 10.2. The number of aryl methyl sites for hydroxylation is 1. The molecule has 2 N–H and O–H groups in total. The largest absolute Gasteiger partial charge is 0.494 e. The van der Waals surface area contributed by atoms with Crippen molar-refractivity contribution >= 4 is 40.0 Å². The van der Waals surface area contributed by atoms with Gasteiger partial charge in [0.25, 0.3) is 0 Å². The lowest BCUT2D eigenvalue weighted by Crippen LogP contribution is -2.36. The molecule has 0 bridgehead atoms. The lowest BCUT2D eigenvalue weighted by atomic mass is 10.1. The van der Waals surface area contributed by atoms with Gasteiger partial charge in [-0.1, -0.05) is 24.3 Å². The predicted octanol–water partition coefficient (Wildman–Crippen LogP) is 3.66. The van der Waals surface area contributed by atoms with Gasteiger partial charge in [0.05, 0.1) is 11.5 Å². The molecule has 176 valence electrons. The number of hydrogen-bond acceptors (Lipinski definition) is 4. The van der Waals surface area contributed by atoms with E-state index < -0.39 is 10.0 Å². The molecule has 2 aromatic carbocycles. The normalized spacial score (nSPS) is 14.7. The molecule has 0 aliphatic carbocycles. The van der Waals surface area contributed by atoms with Gasteiger partial charge < -0.3 is 15.4 Å². The number of hydrogen-bond donors (Lipinski definition) is 2. The molecule has 3 rings (SSSR count). The Hall–Kier alpha value is -1.85. The Morgan fingerprint density at radius 2 is 1.72 bits per heavy atom. The zero-order valence-corrected chi connectivity index (χ0v) is 22.1. The van der Waals surface area contributed by atoms with E-state index in [1.54, 1.807) is 23.5 Å². The van der Waals surface area contributed by atoms with Gasteiger partial charge in [0.15, 0.2) is 5.96 Å². The van der Waals surface area contributed by atoms with Crippen LogP contribution < -0.4 is 15.4 Å². The van der Waals surface area contributed by atoms with Crippen molar-refractivity contribution in [3.05, 3.63) is 59.2 Å². The average Bonchev–Trinajstić information content (AvgIpc) is 3.31. The van der Waals surface area contributed by atoms with Crippen molar-refractivity contribution in [2.45, 2.75) is 44.7 Å². The fourth-order valence-corrected chi connectivity index (χ4v) is 5.06. The van der Waals surface area contributed by atoms with Gasteiger partial charge in [-0.2, -0.15) is 4.31 Å². The van der Waals surface area contributed by atoms with Gasteiger partial charge >= 0.3 is 0 Å². The minimum atomic E-state index is -3.38. The second-order valence-electron chi connectivity index (χ2n) is 7.58. The van der Waals surface area contributed by atoms with E-state index in [4.69, 9.17) is 4.74 Å². The summed E-state index contributed by atoms with van der Waals surface area (Å²) < 4.78 is 32.6. The van der Waals surface area contributed by atoms with Crippen LogP contribution in [0.3, 0.4) is 0 Å². The molecular formula is C23H33IN4O3S. The molecule has 0 spiro atoms. The lowest BCUT2D eigenvalue weighted by molar-refractivity contribution is 0.336. The molecule has 0 aromatic heterocycles. The third-order valence-corrected chi connectivity index (χ3v) is 7.19. The molecule has 1 fully saturated rings. The summed E-state index contributed by atoms with van der Waals surface area (Å²) in [4.78, 5) is 4.62. The van der Waals surface area contributed by atoms with Crippen LogP contribution >= 0.6 is 24.0 Å². The topological polar surface area (TPSA) is 83.0 Å². The summed E-state index contributed by atoms with van der Waals surface area (Å²) >= 11 is 0. The summed E-state index contributed by atoms with van der Waals surface area (Å²) in [7, 11) is -1.66. The van der Waals surface area contributed by atoms with Gasteiger partial charge in [-0.15, -0.1) is 24.0 Å². The Bertz CT molecular complexity index is 1000. The number of nitrogens with zero attached hydrogens (tertiary/aromatic N) is 2. The second-order valence-corrected chi connectivity index (χ2v) is 9.52. The molecule has 0 unspecified atom stereocenters. The van der Waals surface area contributed by atoms with Crippen molar-refractivity contribution in [1.82, 2.24) is 14.9 Å². The number of sulfonamides is 1. The maximum atomic E-state index is 12.6. The summed E-state index contributed by atoms with van der Waals surface area (Å²) in [5.41, 5.74) is 3.20. The first-order valence-electron chi connectivity index (χ1n) is 10.7. The monoisotopic (exact) mass is 572 g/mol. The minimum absolute atomic E-state index is 0. The molecule has 1 aliphatic heterocycles. The van der Waals surface area contributed by atoms with E-state index >= 15 is 0 Å². The molecule has 2 aromatic rings. The van der Waals surface area contributed by atoms with E-state index in [1.807, 2.05) is 32.0 Å². The van der Waals surface area contributed by atoms with Crippen LogP contribution in [0.15, 0.2) is 52.4 Å². The van der Waals surface area contributed by atoms with Gasteiger partial charge in [-0.25, -0.2) is 8.42 Å². The molecule has 1 heterocycles. The Balaban J connectivity index is 0.00000363. The molecule has 0 amide bonds. The first kappa shape index (κ1) is 26.4. The van der Waals surface area contributed by atoms with Crippen molar-refractivity contribution in [3.63, 3.8) is 0 Å². The minimum Gasteiger partial charge on any atom is -0.494 e. The van der Waals surface area contributed by atoms with Crippen molar-refractivity contribution < 1.29 is 13.2 Å². The molecule has 1 aliphatic rings. The highest BCUT2D eigenvalue weighted by Gasteiger charge is 2.26. The zero-order chi connectivity index (χ0) is 22.3. The lowest BCUT2D eigenvalue weighted by Gasteiger charge is -2.16. The zero-order valence-electron chi connectivity index (χ0n) is 18.9. The van der Waals surface area contributed by atoms with E-state index in [-0.39, 0.29) is 24.0 Å². The Morgan fingerprint density at radius 1 is 1.06 bits per heavy atom. The summed E-state index contributed by atoms with van der Waals surface area (Å²) in [6.45, 7) is 6.98. The summed E-state index contributed by atoms with van der Waals surface area (Å²) in [6, 6.07) is 13.2. The van der Waals surface area contributed by atoms with E-state index in [0.717, 1.165) is 35.3 Å². The Labute approximate surface area is 208 Å². The molecule has 7 nitrogen and oxygen atoms in total. The number of rotatable bonds is 8. The second kappa shape index (κ2) is 12.4. The smallest absolute Gasteiger partial charge is 0.243 e. The number of nitrogens with one attached hydrogen (secondary N) is 2. The van der Waals surface area contributed by atoms with Crippen molar-refractivity contribution in [3.8, 4) is 5.75 Å². The summed E-state index contributed by atoms with van der Waals surface area (Å²) in [6.07, 6.45) is 1.87. The maximum Gasteiger partial charge on any atom is 0.243 e. The molecule has 32 heavy (non-hydrogen) atoms. The van der Waals surface area contributed by atoms with Crippen LogP contribution in [-0.2, 0) is 23.1 Å². The van der Waals surface area contributed by atoms with E-state index in [0.29, 0.717) is 43.6 Å². The van der Waals surface area contributed by atoms with Gasteiger partial charge in [0.1, 0.15) is 5.75 Å². The van der Waals surface area contributed by atoms with Crippen molar-refractivity contribution in [2.24, 2.45) is 4.99 Å². The number of guanidine groups is 1. The summed E-state index contributed by atoms with van der Waals surface area (Å²) in [5, 5.41) is 6.57. The molecule has 0 atom stereocenters. The molecule has 1 saturated heterocycles. The van der Waals surface area contributed by atoms with Gasteiger partial charge in [-0.3, -0.25) is 4.99 Å². The van der Waals surface area contributed by atoms with E-state index in [9.17, 15) is 8.42 Å². The third-order valence-electron chi connectivity index (χ3n) is 5.28. The summed E-state index contributed by atoms with van der Waals surface area (Å²) in [5.74, 6) is 1.54. The number of ether oxygens (including phenoxy) is 1. The van der Waals surface area contributed by atoms with Crippen molar-refractivity contribution in [2.75, 3.05) is 26.7 Å². The fraction of sp³-hybridized carbons (Fsp3) is 0.435. The first-order chi connectivity index (χ1) is 14.9. The van der Waals surface area contributed by atoms with Gasteiger partial charge in [-0.05, 0) is 56.0 Å². The number of aliphatic imine (C=N–C) groups is 1. The van der Waals surface area contributed by atoms with E-state index in [1.165, 1.54) is 0 Å². The van der Waals surface area contributed by atoms with Crippen LogP contribution in [0, 0.1) is 6.92 Å². The van der Waals surface area contributed by atoms with Crippen LogP contribution in [0.5, 0.6) is 5.75 Å². The highest BCUT2D eigenvalue weighted by molar-refractivity contribution is 14.0. The maximum absolute atomic E-state index is 12.6. The standard InChI is InChI=1S/C23H32N4O3S.HI/c1-4-30-22-15-18(2)7-10-20(22)17-26-23(24-3)25-16-19-8-11-21(12-9-19)31(28,29)27-13-5-6-14-27;/h7-12,15H,4-6,13-14,16-17H2,1-3H3,(H2,24,25,26);1H. The van der Waals surface area contributed by atoms with E-state index in [2.05, 4.69) is 27.8 Å². The van der Waals surface area contributed by atoms with Crippen LogP contribution in [0.2, 0.25) is 0 Å². The SMILES string of the molecule is CCOc1cc(C)ccc1CNC(=NC)NCc1ccc(S(=O)(=O)N2CCCC2)cc1.I. The number of benzene rings is 2. The highest BCUT2D eigenvalue weighted by Crippen LogP contribution is 2.21. The third kappa shape index (κ3) is 6.82. The quantitative estimate of drug-likeness (QED) is 0.287. The first-order valence-corrected chi connectivity index (χ1v) is 12.1. The van der Waals surface area contributed by atoms with Crippen LogP contribution in [0.4, 0.5) is 0 Å². The van der Waals surface area contributed by atoms with Gasteiger partial charge in [0.2, 0.25) is 10.0 Å². The molecule has 9 heteroatoms. The molecule has 0 saturated carbocycles. The van der Waals surface area contributed by atoms with Crippen LogP contribution in [0.25, 0.3) is 0 Å². The number of halogens is 1. The van der Waals surface area contributed by atoms with Crippen LogP contribution in [-0.4, -0.2) is 45.4 Å².